The zero-order valence-electron chi connectivity index (χ0n) is 9.16. The molecule has 2 rings (SSSR count). The molecule has 1 nitrogen and oxygen atoms in total. The molecule has 0 aliphatic heterocycles. The van der Waals surface area contributed by atoms with Crippen molar-refractivity contribution >= 4 is 0 Å². The Morgan fingerprint density at radius 3 is 3.00 bits per heavy atom. The van der Waals surface area contributed by atoms with E-state index in [-0.39, 0.29) is 0 Å². The Bertz CT molecular complexity index is 304. The molecule has 1 aliphatic carbocycles. The molecule has 0 saturated heterocycles. The van der Waals surface area contributed by atoms with Gasteiger partial charge in [0.25, 0.3) is 0 Å². The number of aromatic nitrogens is 1. The van der Waals surface area contributed by atoms with Crippen molar-refractivity contribution in [3.05, 3.63) is 29.6 Å². The highest BCUT2D eigenvalue weighted by Gasteiger charge is 2.18. The average Bonchev–Trinajstić information content (AvgIpc) is 2.39. The van der Waals surface area contributed by atoms with Crippen LogP contribution in [-0.2, 0) is 12.8 Å². The first-order valence-electron chi connectivity index (χ1n) is 5.69. The molecule has 1 aromatic rings. The molecule has 1 unspecified atom stereocenters. The first-order valence-corrected chi connectivity index (χ1v) is 5.69. The van der Waals surface area contributed by atoms with Gasteiger partial charge in [0.05, 0.1) is 0 Å². The zero-order valence-corrected chi connectivity index (χ0v) is 9.16. The summed E-state index contributed by atoms with van der Waals surface area (Å²) in [4.78, 5) is 4.23. The molecule has 0 radical (unpaired) electrons. The molecule has 0 bridgehead atoms. The summed E-state index contributed by atoms with van der Waals surface area (Å²) in [6, 6.07) is 2.19. The molecule has 1 atom stereocenters. The summed E-state index contributed by atoms with van der Waals surface area (Å²) in [7, 11) is 0. The molecule has 0 amide bonds. The van der Waals surface area contributed by atoms with E-state index in [1.54, 1.807) is 0 Å². The maximum Gasteiger partial charge on any atom is 0.0302 e. The van der Waals surface area contributed by atoms with Gasteiger partial charge in [-0.25, -0.2) is 0 Å². The Labute approximate surface area is 86.6 Å². The highest BCUT2D eigenvalue weighted by atomic mass is 14.6. The monoisotopic (exact) mass is 189 g/mol. The molecule has 0 N–H and O–H groups in total. The molecule has 0 aromatic carbocycles. The van der Waals surface area contributed by atoms with E-state index >= 15 is 0 Å². The van der Waals surface area contributed by atoms with Gasteiger partial charge in [0.1, 0.15) is 0 Å². The van der Waals surface area contributed by atoms with Gasteiger partial charge in [0, 0.05) is 12.4 Å². The summed E-state index contributed by atoms with van der Waals surface area (Å²) in [6.07, 6.45) is 9.21. The van der Waals surface area contributed by atoms with Gasteiger partial charge in [-0.3, -0.25) is 4.98 Å². The van der Waals surface area contributed by atoms with Crippen LogP contribution < -0.4 is 0 Å². The highest BCUT2D eigenvalue weighted by molar-refractivity contribution is 5.25. The van der Waals surface area contributed by atoms with Gasteiger partial charge in [0.2, 0.25) is 0 Å². The Morgan fingerprint density at radius 1 is 1.36 bits per heavy atom. The minimum Gasteiger partial charge on any atom is -0.264 e. The lowest BCUT2D eigenvalue weighted by atomic mass is 9.88. The Hall–Kier alpha value is -0.850. The van der Waals surface area contributed by atoms with E-state index in [1.807, 2.05) is 6.20 Å². The molecule has 0 fully saturated rings. The lowest BCUT2D eigenvalue weighted by Gasteiger charge is -2.18. The highest BCUT2D eigenvalue weighted by Crippen LogP contribution is 2.28. The summed E-state index contributed by atoms with van der Waals surface area (Å²) in [5.74, 6) is 1.67. The molecule has 0 saturated carbocycles. The van der Waals surface area contributed by atoms with Crippen molar-refractivity contribution in [2.24, 2.45) is 11.8 Å². The van der Waals surface area contributed by atoms with Crippen molar-refractivity contribution in [2.75, 3.05) is 0 Å². The maximum absolute atomic E-state index is 4.23. The molecule has 14 heavy (non-hydrogen) atoms. The third-order valence-electron chi connectivity index (χ3n) is 3.45. The van der Waals surface area contributed by atoms with Gasteiger partial charge in [-0.1, -0.05) is 13.8 Å². The van der Waals surface area contributed by atoms with Gasteiger partial charge in [-0.2, -0.15) is 0 Å². The van der Waals surface area contributed by atoms with Gasteiger partial charge in [-0.05, 0) is 54.7 Å². The van der Waals surface area contributed by atoms with Crippen molar-refractivity contribution in [1.82, 2.24) is 4.98 Å². The Balaban J connectivity index is 2.22. The molecule has 76 valence electrons. The molecular weight excluding hydrogens is 170 g/mol. The number of hydrogen-bond acceptors (Lipinski definition) is 1. The van der Waals surface area contributed by atoms with Crippen LogP contribution in [-0.4, -0.2) is 4.98 Å². The second kappa shape index (κ2) is 4.12. The Morgan fingerprint density at radius 2 is 2.21 bits per heavy atom. The smallest absolute Gasteiger partial charge is 0.0302 e. The lowest BCUT2D eigenvalue weighted by molar-refractivity contribution is 0.357. The van der Waals surface area contributed by atoms with E-state index in [1.165, 1.54) is 36.8 Å². The summed E-state index contributed by atoms with van der Waals surface area (Å²) in [6.45, 7) is 4.68. The first kappa shape index (κ1) is 9.70. The quantitative estimate of drug-likeness (QED) is 0.618. The van der Waals surface area contributed by atoms with Crippen LogP contribution in [0.15, 0.2) is 18.5 Å². The number of aryl methyl sites for hydroxylation is 1. The van der Waals surface area contributed by atoms with E-state index in [2.05, 4.69) is 31.1 Å². The van der Waals surface area contributed by atoms with Gasteiger partial charge < -0.3 is 0 Å². The van der Waals surface area contributed by atoms with Crippen molar-refractivity contribution in [1.29, 1.82) is 0 Å². The van der Waals surface area contributed by atoms with E-state index in [0.29, 0.717) is 0 Å². The molecule has 1 aliphatic rings. The fourth-order valence-electron chi connectivity index (χ4n) is 2.39. The molecule has 1 heterocycles. The van der Waals surface area contributed by atoms with Crippen molar-refractivity contribution in [3.8, 4) is 0 Å². The second-order valence-corrected chi connectivity index (χ2v) is 4.74. The normalized spacial score (nSPS) is 21.8. The van der Waals surface area contributed by atoms with E-state index in [0.717, 1.165) is 11.8 Å². The third-order valence-corrected chi connectivity index (χ3v) is 3.45. The van der Waals surface area contributed by atoms with E-state index in [9.17, 15) is 0 Å². The molecule has 1 heteroatoms. The summed E-state index contributed by atoms with van der Waals surface area (Å²) >= 11 is 0. The average molecular weight is 189 g/mol. The maximum atomic E-state index is 4.23. The zero-order chi connectivity index (χ0) is 9.97. The van der Waals surface area contributed by atoms with Crippen molar-refractivity contribution < 1.29 is 0 Å². The van der Waals surface area contributed by atoms with Crippen LogP contribution in [0.25, 0.3) is 0 Å². The standard InChI is InChI=1S/C13H19N/c1-10(2)12-5-3-4-11-6-7-14-9-13(11)8-12/h6-7,9-10,12H,3-5,8H2,1-2H3. The summed E-state index contributed by atoms with van der Waals surface area (Å²) in [5, 5.41) is 0. The predicted octanol–water partition coefficient (Wildman–Crippen LogP) is 3.23. The van der Waals surface area contributed by atoms with Crippen LogP contribution in [0.2, 0.25) is 0 Å². The minimum atomic E-state index is 0.807. The molecule has 0 spiro atoms. The minimum absolute atomic E-state index is 0.807. The van der Waals surface area contributed by atoms with Crippen molar-refractivity contribution in [3.63, 3.8) is 0 Å². The van der Waals surface area contributed by atoms with Crippen LogP contribution in [0.1, 0.15) is 37.8 Å². The van der Waals surface area contributed by atoms with Crippen LogP contribution in [0.5, 0.6) is 0 Å². The predicted molar refractivity (Wildman–Crippen MR) is 59.2 cm³/mol. The van der Waals surface area contributed by atoms with Crippen LogP contribution in [0.4, 0.5) is 0 Å². The van der Waals surface area contributed by atoms with Crippen LogP contribution in [0.3, 0.4) is 0 Å². The number of fused-ring (bicyclic) bond motifs is 1. The number of pyridine rings is 1. The summed E-state index contributed by atoms with van der Waals surface area (Å²) < 4.78 is 0. The second-order valence-electron chi connectivity index (χ2n) is 4.74. The topological polar surface area (TPSA) is 12.9 Å². The largest absolute Gasteiger partial charge is 0.264 e. The first-order chi connectivity index (χ1) is 6.77. The van der Waals surface area contributed by atoms with Crippen molar-refractivity contribution in [2.45, 2.75) is 39.5 Å². The third kappa shape index (κ3) is 1.97. The summed E-state index contributed by atoms with van der Waals surface area (Å²) in [5.41, 5.74) is 3.02. The van der Waals surface area contributed by atoms with Gasteiger partial charge in [-0.15, -0.1) is 0 Å². The molecule has 1 aromatic heterocycles. The SMILES string of the molecule is CC(C)C1CCCc2ccncc2C1. The number of hydrogen-bond donors (Lipinski definition) is 0. The van der Waals surface area contributed by atoms with E-state index < -0.39 is 0 Å². The fourth-order valence-corrected chi connectivity index (χ4v) is 2.39. The van der Waals surface area contributed by atoms with Crippen LogP contribution in [0, 0.1) is 11.8 Å². The lowest BCUT2D eigenvalue weighted by Crippen LogP contribution is -2.10. The van der Waals surface area contributed by atoms with E-state index in [4.69, 9.17) is 0 Å². The Kier molecular flexibility index (Phi) is 2.85. The fraction of sp³-hybridized carbons (Fsp3) is 0.615. The van der Waals surface area contributed by atoms with Crippen LogP contribution >= 0.6 is 0 Å². The molecular formula is C13H19N. The number of nitrogens with zero attached hydrogens (tertiary/aromatic N) is 1. The number of rotatable bonds is 1. The van der Waals surface area contributed by atoms with Gasteiger partial charge >= 0.3 is 0 Å². The van der Waals surface area contributed by atoms with Gasteiger partial charge in [0.15, 0.2) is 0 Å².